The van der Waals surface area contributed by atoms with Crippen LogP contribution < -0.4 is 10.1 Å². The first-order chi connectivity index (χ1) is 13.6. The number of nitrogens with one attached hydrogen (secondary N) is 1. The smallest absolute Gasteiger partial charge is 0.265 e. The Bertz CT molecular complexity index is 1140. The fraction of sp³-hybridized carbons (Fsp3) is 0.100. The van der Waals surface area contributed by atoms with Gasteiger partial charge in [0, 0.05) is 11.3 Å². The Balaban J connectivity index is 1.49. The number of carbonyl (C=O) groups excluding carboxylic acids is 1. The number of rotatable bonds is 5. The molecule has 0 aliphatic carbocycles. The van der Waals surface area contributed by atoms with E-state index in [0.717, 1.165) is 5.56 Å². The fourth-order valence-corrected chi connectivity index (χ4v) is 2.67. The molecule has 140 valence electrons. The highest BCUT2D eigenvalue weighted by Crippen LogP contribution is 2.22. The van der Waals surface area contributed by atoms with Gasteiger partial charge in [-0.25, -0.2) is 4.39 Å². The summed E-state index contributed by atoms with van der Waals surface area (Å²) in [5.74, 6) is -0.868. The number of anilines is 1. The molecule has 2 aromatic carbocycles. The van der Waals surface area contributed by atoms with Gasteiger partial charge in [-0.2, -0.15) is 9.61 Å². The second kappa shape index (κ2) is 7.43. The summed E-state index contributed by atoms with van der Waals surface area (Å²) in [6.07, 6.45) is 0.652. The molecular formula is C20H16FN5O2. The van der Waals surface area contributed by atoms with Crippen molar-refractivity contribution in [3.63, 3.8) is 0 Å². The largest absolute Gasteiger partial charge is 0.478 e. The van der Waals surface area contributed by atoms with E-state index >= 15 is 0 Å². The molecule has 0 fully saturated rings. The van der Waals surface area contributed by atoms with Crippen LogP contribution >= 0.6 is 0 Å². The van der Waals surface area contributed by atoms with Crippen LogP contribution in [0.4, 0.5) is 10.1 Å². The topological polar surface area (TPSA) is 81.4 Å². The highest BCUT2D eigenvalue weighted by Gasteiger charge is 2.17. The number of aromatic nitrogens is 4. The second-order valence-corrected chi connectivity index (χ2v) is 6.11. The van der Waals surface area contributed by atoms with Gasteiger partial charge in [-0.05, 0) is 43.3 Å². The van der Waals surface area contributed by atoms with Gasteiger partial charge in [0.15, 0.2) is 23.3 Å². The van der Waals surface area contributed by atoms with Crippen LogP contribution in [0, 0.1) is 5.82 Å². The first-order valence-electron chi connectivity index (χ1n) is 8.60. The highest BCUT2D eigenvalue weighted by molar-refractivity contribution is 5.94. The minimum absolute atomic E-state index is 0.0327. The zero-order valence-electron chi connectivity index (χ0n) is 14.9. The Morgan fingerprint density at radius 2 is 2.00 bits per heavy atom. The van der Waals surface area contributed by atoms with E-state index in [1.165, 1.54) is 18.5 Å². The molecule has 28 heavy (non-hydrogen) atoms. The van der Waals surface area contributed by atoms with Gasteiger partial charge < -0.3 is 10.1 Å². The van der Waals surface area contributed by atoms with Crippen molar-refractivity contribution in [2.24, 2.45) is 0 Å². The minimum Gasteiger partial charge on any atom is -0.478 e. The van der Waals surface area contributed by atoms with Crippen LogP contribution in [0.1, 0.15) is 6.92 Å². The SMILES string of the molecule is CC(Oc1ccccc1F)C(=O)Nc1cccc(-c2ccc3nncn3n2)c1. The van der Waals surface area contributed by atoms with E-state index in [9.17, 15) is 9.18 Å². The number of ether oxygens (including phenoxy) is 1. The van der Waals surface area contributed by atoms with Crippen LogP contribution in [0.3, 0.4) is 0 Å². The van der Waals surface area contributed by atoms with Gasteiger partial charge in [0.05, 0.1) is 5.69 Å². The molecule has 0 radical (unpaired) electrons. The minimum atomic E-state index is -0.868. The summed E-state index contributed by atoms with van der Waals surface area (Å²) < 4.78 is 20.7. The molecule has 1 N–H and O–H groups in total. The van der Waals surface area contributed by atoms with E-state index in [2.05, 4.69) is 20.6 Å². The molecule has 0 aliphatic rings. The first-order valence-corrected chi connectivity index (χ1v) is 8.60. The maximum absolute atomic E-state index is 13.7. The summed E-state index contributed by atoms with van der Waals surface area (Å²) in [5, 5.41) is 14.9. The Labute approximate surface area is 159 Å². The first kappa shape index (κ1) is 17.6. The number of para-hydroxylation sites is 1. The number of halogens is 1. The van der Waals surface area contributed by atoms with Gasteiger partial charge in [-0.3, -0.25) is 4.79 Å². The number of amides is 1. The lowest BCUT2D eigenvalue weighted by Crippen LogP contribution is -2.30. The van der Waals surface area contributed by atoms with Gasteiger partial charge in [0.2, 0.25) is 0 Å². The monoisotopic (exact) mass is 377 g/mol. The molecule has 4 aromatic rings. The van der Waals surface area contributed by atoms with Gasteiger partial charge >= 0.3 is 0 Å². The third-order valence-corrected chi connectivity index (χ3v) is 4.10. The average Bonchev–Trinajstić information content (AvgIpc) is 3.17. The second-order valence-electron chi connectivity index (χ2n) is 6.11. The molecule has 4 rings (SSSR count). The maximum atomic E-state index is 13.7. The molecule has 1 amide bonds. The average molecular weight is 377 g/mol. The number of hydrogen-bond acceptors (Lipinski definition) is 5. The number of fused-ring (bicyclic) bond motifs is 1. The summed E-state index contributed by atoms with van der Waals surface area (Å²) in [7, 11) is 0. The quantitative estimate of drug-likeness (QED) is 0.577. The molecule has 0 saturated heterocycles. The molecule has 0 bridgehead atoms. The van der Waals surface area contributed by atoms with Crippen molar-refractivity contribution in [1.29, 1.82) is 0 Å². The number of carbonyl (C=O) groups is 1. The van der Waals surface area contributed by atoms with Crippen LogP contribution in [-0.2, 0) is 4.79 Å². The summed E-state index contributed by atoms with van der Waals surface area (Å²) in [4.78, 5) is 12.4. The Morgan fingerprint density at radius 1 is 1.14 bits per heavy atom. The van der Waals surface area contributed by atoms with Gasteiger partial charge in [0.1, 0.15) is 6.33 Å². The zero-order valence-corrected chi connectivity index (χ0v) is 14.9. The normalized spacial score (nSPS) is 11.9. The molecule has 1 unspecified atom stereocenters. The molecule has 8 heteroatoms. The maximum Gasteiger partial charge on any atom is 0.265 e. The highest BCUT2D eigenvalue weighted by atomic mass is 19.1. The van der Waals surface area contributed by atoms with E-state index in [1.54, 1.807) is 35.7 Å². The van der Waals surface area contributed by atoms with E-state index in [1.807, 2.05) is 24.3 Å². The van der Waals surface area contributed by atoms with Crippen molar-refractivity contribution in [2.75, 3.05) is 5.32 Å². The summed E-state index contributed by atoms with van der Waals surface area (Å²) >= 11 is 0. The predicted octanol–water partition coefficient (Wildman–Crippen LogP) is 3.34. The molecule has 0 saturated carbocycles. The van der Waals surface area contributed by atoms with Crippen LogP contribution in [0.2, 0.25) is 0 Å². The molecule has 1 atom stereocenters. The number of nitrogens with zero attached hydrogens (tertiary/aromatic N) is 4. The van der Waals surface area contributed by atoms with Crippen LogP contribution in [0.25, 0.3) is 16.9 Å². The Hall–Kier alpha value is -3.81. The standard InChI is InChI=1S/C20H16FN5O2/c1-13(28-18-8-3-2-7-16(18)21)20(27)23-15-6-4-5-14(11-15)17-9-10-19-24-22-12-26(19)25-17/h2-13H,1H3,(H,23,27). The van der Waals surface area contributed by atoms with Crippen molar-refractivity contribution in [2.45, 2.75) is 13.0 Å². The van der Waals surface area contributed by atoms with E-state index in [-0.39, 0.29) is 11.7 Å². The molecule has 2 aromatic heterocycles. The summed E-state index contributed by atoms with van der Waals surface area (Å²) in [5.41, 5.74) is 2.75. The van der Waals surface area contributed by atoms with Crippen molar-refractivity contribution >= 4 is 17.2 Å². The molecule has 7 nitrogen and oxygen atoms in total. The molecule has 0 spiro atoms. The summed E-state index contributed by atoms with van der Waals surface area (Å²) in [6, 6.07) is 16.9. The van der Waals surface area contributed by atoms with Crippen LogP contribution in [0.15, 0.2) is 67.0 Å². The van der Waals surface area contributed by atoms with Crippen molar-refractivity contribution in [3.8, 4) is 17.0 Å². The van der Waals surface area contributed by atoms with Crippen LogP contribution in [-0.4, -0.2) is 31.8 Å². The van der Waals surface area contributed by atoms with E-state index < -0.39 is 11.9 Å². The van der Waals surface area contributed by atoms with Crippen molar-refractivity contribution in [1.82, 2.24) is 19.8 Å². The van der Waals surface area contributed by atoms with E-state index in [4.69, 9.17) is 4.74 Å². The van der Waals surface area contributed by atoms with Crippen LogP contribution in [0.5, 0.6) is 5.75 Å². The number of benzene rings is 2. The van der Waals surface area contributed by atoms with Crippen molar-refractivity contribution < 1.29 is 13.9 Å². The van der Waals surface area contributed by atoms with E-state index in [0.29, 0.717) is 17.0 Å². The fourth-order valence-electron chi connectivity index (χ4n) is 2.67. The van der Waals surface area contributed by atoms with Gasteiger partial charge in [0.25, 0.3) is 5.91 Å². The Morgan fingerprint density at radius 3 is 2.86 bits per heavy atom. The molecule has 2 heterocycles. The van der Waals surface area contributed by atoms with Gasteiger partial charge in [-0.1, -0.05) is 24.3 Å². The third-order valence-electron chi connectivity index (χ3n) is 4.10. The lowest BCUT2D eigenvalue weighted by molar-refractivity contribution is -0.122. The molecule has 0 aliphatic heterocycles. The summed E-state index contributed by atoms with van der Waals surface area (Å²) in [6.45, 7) is 1.56. The number of hydrogen-bond donors (Lipinski definition) is 1. The van der Waals surface area contributed by atoms with Gasteiger partial charge in [-0.15, -0.1) is 10.2 Å². The van der Waals surface area contributed by atoms with Crippen molar-refractivity contribution in [3.05, 3.63) is 72.8 Å². The third kappa shape index (κ3) is 3.66. The molecular weight excluding hydrogens is 361 g/mol. The predicted molar refractivity (Wildman–Crippen MR) is 101 cm³/mol. The Kier molecular flexibility index (Phi) is 4.67. The lowest BCUT2D eigenvalue weighted by atomic mass is 10.1. The lowest BCUT2D eigenvalue weighted by Gasteiger charge is -2.15. The zero-order chi connectivity index (χ0) is 19.5.